The molecule has 6 aromatic carbocycles. The van der Waals surface area contributed by atoms with Crippen molar-refractivity contribution in [3.05, 3.63) is 125 Å². The van der Waals surface area contributed by atoms with E-state index in [1.807, 2.05) is 0 Å². The van der Waals surface area contributed by atoms with Crippen LogP contribution in [0.3, 0.4) is 0 Å². The fourth-order valence-corrected chi connectivity index (χ4v) is 10.6. The fraction of sp³-hybridized carbons (Fsp3) is 0.333. The van der Waals surface area contributed by atoms with Gasteiger partial charge in [-0.05, 0) is 127 Å². The molecule has 0 spiro atoms. The highest BCUT2D eigenvalue weighted by molar-refractivity contribution is 7.80. The van der Waals surface area contributed by atoms with Crippen LogP contribution in [-0.4, -0.2) is 28.2 Å². The standard InChI is InChI=1S/C48H57N2P/c1-30(2)41-26-36(27-42(31(3)4)47(41)49(9)10)51(37-28-43(32(5)6)48(50(11)12)44(29-37)33(7)8)45-25-24-35-19-14-16-22-39(35)46(45)40-23-17-20-34-18-13-15-21-38(34)40/h13-33H,1-12H3. The van der Waals surface area contributed by atoms with E-state index in [0.717, 1.165) is 0 Å². The van der Waals surface area contributed by atoms with Gasteiger partial charge < -0.3 is 9.80 Å². The maximum Gasteiger partial charge on any atom is 0.0431 e. The van der Waals surface area contributed by atoms with E-state index >= 15 is 0 Å². The average molecular weight is 693 g/mol. The summed E-state index contributed by atoms with van der Waals surface area (Å²) in [7, 11) is 7.86. The fourth-order valence-electron chi connectivity index (χ4n) is 7.98. The molecule has 0 fully saturated rings. The van der Waals surface area contributed by atoms with Crippen molar-refractivity contribution in [3.63, 3.8) is 0 Å². The maximum absolute atomic E-state index is 2.57. The maximum atomic E-state index is 2.57. The van der Waals surface area contributed by atoms with E-state index in [4.69, 9.17) is 0 Å². The number of anilines is 2. The third-order valence-electron chi connectivity index (χ3n) is 10.4. The van der Waals surface area contributed by atoms with Crippen molar-refractivity contribution in [2.45, 2.75) is 79.1 Å². The van der Waals surface area contributed by atoms with Gasteiger partial charge in [0.2, 0.25) is 0 Å². The third-order valence-corrected chi connectivity index (χ3v) is 12.8. The van der Waals surface area contributed by atoms with E-state index in [-0.39, 0.29) is 0 Å². The molecule has 0 aromatic heterocycles. The number of fused-ring (bicyclic) bond motifs is 2. The van der Waals surface area contributed by atoms with E-state index < -0.39 is 7.92 Å². The molecule has 6 rings (SSSR count). The minimum atomic E-state index is -0.983. The molecular weight excluding hydrogens is 636 g/mol. The lowest BCUT2D eigenvalue weighted by Gasteiger charge is -2.32. The van der Waals surface area contributed by atoms with Crippen molar-refractivity contribution in [2.24, 2.45) is 0 Å². The smallest absolute Gasteiger partial charge is 0.0431 e. The second-order valence-corrected chi connectivity index (χ2v) is 18.1. The van der Waals surface area contributed by atoms with Gasteiger partial charge in [-0.2, -0.15) is 0 Å². The molecule has 6 aromatic rings. The Labute approximate surface area is 309 Å². The largest absolute Gasteiger partial charge is 0.377 e. The zero-order valence-electron chi connectivity index (χ0n) is 33.0. The minimum Gasteiger partial charge on any atom is -0.377 e. The highest BCUT2D eigenvalue weighted by atomic mass is 31.1. The lowest BCUT2D eigenvalue weighted by molar-refractivity contribution is 0.824. The Morgan fingerprint density at radius 2 is 0.824 bits per heavy atom. The van der Waals surface area contributed by atoms with Gasteiger partial charge in [0, 0.05) is 39.6 Å². The molecule has 0 unspecified atom stereocenters. The first-order valence-corrected chi connectivity index (χ1v) is 20.1. The molecule has 0 saturated heterocycles. The van der Waals surface area contributed by atoms with Gasteiger partial charge in [-0.3, -0.25) is 0 Å². The summed E-state index contributed by atoms with van der Waals surface area (Å²) in [4.78, 5) is 4.68. The average Bonchev–Trinajstić information content (AvgIpc) is 3.10. The Bertz CT molecular complexity index is 2050. The number of hydrogen-bond acceptors (Lipinski definition) is 2. The summed E-state index contributed by atoms with van der Waals surface area (Å²) in [6.45, 7) is 18.9. The summed E-state index contributed by atoms with van der Waals surface area (Å²) < 4.78 is 0. The molecular formula is C48H57N2P. The predicted octanol–water partition coefficient (Wildman–Crippen LogP) is 12.0. The summed E-state index contributed by atoms with van der Waals surface area (Å²) in [6, 6.07) is 39.9. The monoisotopic (exact) mass is 692 g/mol. The molecule has 3 heteroatoms. The molecule has 51 heavy (non-hydrogen) atoms. The zero-order chi connectivity index (χ0) is 36.7. The van der Waals surface area contributed by atoms with Crippen LogP contribution in [0.2, 0.25) is 0 Å². The van der Waals surface area contributed by atoms with E-state index in [0.29, 0.717) is 23.7 Å². The Morgan fingerprint density at radius 1 is 0.431 bits per heavy atom. The second-order valence-electron chi connectivity index (χ2n) is 15.9. The molecule has 0 atom stereocenters. The Balaban J connectivity index is 1.82. The van der Waals surface area contributed by atoms with E-state index in [1.54, 1.807) is 0 Å². The SMILES string of the molecule is CC(C)c1cc(P(c2cc(C(C)C)c(N(C)C)c(C(C)C)c2)c2ccc3ccccc3c2-c2cccc3ccccc23)cc(C(C)C)c1N(C)C. The summed E-state index contributed by atoms with van der Waals surface area (Å²) in [5, 5.41) is 9.45. The first-order chi connectivity index (χ1) is 24.3. The highest BCUT2D eigenvalue weighted by Gasteiger charge is 2.29. The predicted molar refractivity (Wildman–Crippen MR) is 231 cm³/mol. The van der Waals surface area contributed by atoms with Gasteiger partial charge in [0.15, 0.2) is 0 Å². The molecule has 0 aliphatic heterocycles. The molecule has 0 N–H and O–H groups in total. The van der Waals surface area contributed by atoms with Crippen LogP contribution in [0.5, 0.6) is 0 Å². The lowest BCUT2D eigenvalue weighted by Crippen LogP contribution is -2.27. The number of hydrogen-bond donors (Lipinski definition) is 0. The molecule has 264 valence electrons. The van der Waals surface area contributed by atoms with Crippen LogP contribution in [-0.2, 0) is 0 Å². The number of nitrogens with zero attached hydrogens (tertiary/aromatic N) is 2. The first-order valence-electron chi connectivity index (χ1n) is 18.8. The van der Waals surface area contributed by atoms with E-state index in [2.05, 4.69) is 197 Å². The topological polar surface area (TPSA) is 6.48 Å². The van der Waals surface area contributed by atoms with Crippen LogP contribution in [0.15, 0.2) is 103 Å². The van der Waals surface area contributed by atoms with Gasteiger partial charge in [0.25, 0.3) is 0 Å². The Hall–Kier alpha value is -4.13. The van der Waals surface area contributed by atoms with Crippen LogP contribution in [0, 0.1) is 0 Å². The van der Waals surface area contributed by atoms with Crippen molar-refractivity contribution >= 4 is 56.8 Å². The van der Waals surface area contributed by atoms with Gasteiger partial charge in [-0.1, -0.05) is 134 Å². The van der Waals surface area contributed by atoms with Crippen LogP contribution >= 0.6 is 7.92 Å². The lowest BCUT2D eigenvalue weighted by atomic mass is 9.92. The van der Waals surface area contributed by atoms with Crippen molar-refractivity contribution in [1.82, 2.24) is 0 Å². The van der Waals surface area contributed by atoms with Crippen molar-refractivity contribution in [3.8, 4) is 11.1 Å². The first kappa shape index (κ1) is 36.7. The summed E-state index contributed by atoms with van der Waals surface area (Å²) in [5.41, 5.74) is 11.1. The van der Waals surface area contributed by atoms with Crippen LogP contribution in [0.25, 0.3) is 32.7 Å². The molecule has 0 aliphatic carbocycles. The molecule has 2 nitrogen and oxygen atoms in total. The van der Waals surface area contributed by atoms with Crippen molar-refractivity contribution in [1.29, 1.82) is 0 Å². The molecule has 0 bridgehead atoms. The molecule has 0 aliphatic rings. The van der Waals surface area contributed by atoms with E-state index in [9.17, 15) is 0 Å². The van der Waals surface area contributed by atoms with Gasteiger partial charge >= 0.3 is 0 Å². The van der Waals surface area contributed by atoms with Crippen LogP contribution < -0.4 is 25.7 Å². The van der Waals surface area contributed by atoms with Gasteiger partial charge in [-0.15, -0.1) is 0 Å². The molecule has 0 amide bonds. The van der Waals surface area contributed by atoms with Gasteiger partial charge in [0.05, 0.1) is 0 Å². The van der Waals surface area contributed by atoms with Crippen molar-refractivity contribution in [2.75, 3.05) is 38.0 Å². The van der Waals surface area contributed by atoms with Crippen molar-refractivity contribution < 1.29 is 0 Å². The third kappa shape index (κ3) is 6.93. The Kier molecular flexibility index (Phi) is 10.7. The summed E-state index contributed by atoms with van der Waals surface area (Å²) >= 11 is 0. The van der Waals surface area contributed by atoms with Crippen LogP contribution in [0.4, 0.5) is 11.4 Å². The van der Waals surface area contributed by atoms with Crippen LogP contribution in [0.1, 0.15) is 101 Å². The molecule has 0 saturated carbocycles. The van der Waals surface area contributed by atoms with E-state index in [1.165, 1.54) is 82.2 Å². The number of rotatable bonds is 10. The normalized spacial score (nSPS) is 12.0. The zero-order valence-corrected chi connectivity index (χ0v) is 33.9. The number of benzene rings is 6. The minimum absolute atomic E-state index is 0.388. The second kappa shape index (κ2) is 14.8. The Morgan fingerprint density at radius 3 is 1.25 bits per heavy atom. The molecule has 0 heterocycles. The summed E-state index contributed by atoms with van der Waals surface area (Å²) in [6.07, 6.45) is 0. The quantitative estimate of drug-likeness (QED) is 0.132. The van der Waals surface area contributed by atoms with Gasteiger partial charge in [0.1, 0.15) is 0 Å². The highest BCUT2D eigenvalue weighted by Crippen LogP contribution is 2.46. The van der Waals surface area contributed by atoms with Gasteiger partial charge in [-0.25, -0.2) is 0 Å². The molecule has 0 radical (unpaired) electrons. The summed E-state index contributed by atoms with van der Waals surface area (Å²) in [5.74, 6) is 1.55.